The van der Waals surface area contributed by atoms with E-state index in [-0.39, 0.29) is 17.3 Å². The third kappa shape index (κ3) is 5.02. The van der Waals surface area contributed by atoms with Gasteiger partial charge >= 0.3 is 11.9 Å². The van der Waals surface area contributed by atoms with E-state index in [0.29, 0.717) is 19.6 Å². The number of hydrogen-bond donors (Lipinski definition) is 2. The molecule has 0 saturated carbocycles. The van der Waals surface area contributed by atoms with E-state index < -0.39 is 22.4 Å². The second-order valence-corrected chi connectivity index (χ2v) is 5.15. The average molecular weight is 371 g/mol. The number of ether oxygens (including phenoxy) is 1. The van der Waals surface area contributed by atoms with Crippen molar-refractivity contribution in [2.24, 2.45) is 0 Å². The third-order valence-electron chi connectivity index (χ3n) is 3.30. The molecule has 8 nitrogen and oxygen atoms in total. The van der Waals surface area contributed by atoms with Crippen LogP contribution in [-0.2, 0) is 10.9 Å². The van der Waals surface area contributed by atoms with Gasteiger partial charge in [-0.2, -0.15) is 13.2 Å². The van der Waals surface area contributed by atoms with Crippen molar-refractivity contribution in [1.29, 1.82) is 0 Å². The highest BCUT2D eigenvalue weighted by Gasteiger charge is 2.30. The molecule has 0 spiro atoms. The quantitative estimate of drug-likeness (QED) is 0.415. The Kier molecular flexibility index (Phi) is 6.28. The lowest BCUT2D eigenvalue weighted by Gasteiger charge is -2.11. The molecule has 0 aliphatic rings. The number of aromatic nitrogens is 2. The molecule has 0 bridgehead atoms. The van der Waals surface area contributed by atoms with Gasteiger partial charge in [0.15, 0.2) is 0 Å². The van der Waals surface area contributed by atoms with Gasteiger partial charge in [-0.15, -0.1) is 0 Å². The molecule has 0 amide bonds. The van der Waals surface area contributed by atoms with Gasteiger partial charge in [-0.3, -0.25) is 10.1 Å². The Balaban J connectivity index is 2.21. The minimum Gasteiger partial charge on any atom is -0.385 e. The molecule has 0 aliphatic carbocycles. The number of halogens is 3. The fraction of sp³-hybridized carbons (Fsp3) is 0.333. The zero-order valence-corrected chi connectivity index (χ0v) is 13.7. The monoisotopic (exact) mass is 371 g/mol. The van der Waals surface area contributed by atoms with Crippen LogP contribution in [0.2, 0.25) is 0 Å². The molecule has 0 unspecified atom stereocenters. The summed E-state index contributed by atoms with van der Waals surface area (Å²) in [7, 11) is 1.54. The zero-order valence-electron chi connectivity index (χ0n) is 13.7. The standard InChI is InChI=1S/C15H16F3N5O3/c1-26-8-2-7-19-13-12(23(24)25)14(21-9-20-13)22-11-5-3-10(4-6-11)15(16,17)18/h3-6,9H,2,7-8H2,1H3,(H2,19,20,21,22). The molecule has 0 saturated heterocycles. The van der Waals surface area contributed by atoms with E-state index in [2.05, 4.69) is 20.6 Å². The lowest BCUT2D eigenvalue weighted by molar-refractivity contribution is -0.383. The summed E-state index contributed by atoms with van der Waals surface area (Å²) < 4.78 is 42.7. The molecular weight excluding hydrogens is 355 g/mol. The summed E-state index contributed by atoms with van der Waals surface area (Å²) in [5, 5.41) is 16.9. The normalized spacial score (nSPS) is 11.2. The minimum atomic E-state index is -4.46. The van der Waals surface area contributed by atoms with Crippen LogP contribution in [0.25, 0.3) is 0 Å². The smallest absolute Gasteiger partial charge is 0.385 e. The Labute approximate surface area is 146 Å². The van der Waals surface area contributed by atoms with Crippen molar-refractivity contribution < 1.29 is 22.8 Å². The van der Waals surface area contributed by atoms with Crippen LogP contribution in [-0.4, -0.2) is 35.2 Å². The maximum absolute atomic E-state index is 12.6. The Hall–Kier alpha value is -2.95. The Morgan fingerprint density at radius 1 is 1.19 bits per heavy atom. The molecule has 26 heavy (non-hydrogen) atoms. The number of nitrogens with one attached hydrogen (secondary N) is 2. The Morgan fingerprint density at radius 2 is 1.85 bits per heavy atom. The molecule has 1 aromatic heterocycles. The topological polar surface area (TPSA) is 102 Å². The van der Waals surface area contributed by atoms with E-state index in [1.54, 1.807) is 7.11 Å². The molecule has 1 heterocycles. The molecule has 0 radical (unpaired) electrons. The van der Waals surface area contributed by atoms with Crippen LogP contribution in [0, 0.1) is 10.1 Å². The fourth-order valence-electron chi connectivity index (χ4n) is 2.08. The largest absolute Gasteiger partial charge is 0.416 e. The van der Waals surface area contributed by atoms with E-state index in [1.807, 2.05) is 0 Å². The van der Waals surface area contributed by atoms with Gasteiger partial charge in [0, 0.05) is 25.9 Å². The summed E-state index contributed by atoms with van der Waals surface area (Å²) in [4.78, 5) is 18.4. The Morgan fingerprint density at radius 3 is 2.42 bits per heavy atom. The number of nitro groups is 1. The van der Waals surface area contributed by atoms with Gasteiger partial charge in [-0.1, -0.05) is 0 Å². The van der Waals surface area contributed by atoms with Crippen molar-refractivity contribution in [3.8, 4) is 0 Å². The summed E-state index contributed by atoms with van der Waals surface area (Å²) >= 11 is 0. The second kappa shape index (κ2) is 8.43. The number of hydrogen-bond acceptors (Lipinski definition) is 7. The maximum atomic E-state index is 12.6. The van der Waals surface area contributed by atoms with E-state index in [0.717, 1.165) is 18.5 Å². The van der Waals surface area contributed by atoms with Gasteiger partial charge in [-0.25, -0.2) is 9.97 Å². The van der Waals surface area contributed by atoms with Gasteiger partial charge in [0.1, 0.15) is 6.33 Å². The SMILES string of the molecule is COCCCNc1ncnc(Nc2ccc(C(F)(F)F)cc2)c1[N+](=O)[O-]. The predicted octanol–water partition coefficient (Wildman–Crippen LogP) is 3.60. The molecule has 1 aromatic carbocycles. The maximum Gasteiger partial charge on any atom is 0.416 e. The van der Waals surface area contributed by atoms with Crippen LogP contribution in [0.15, 0.2) is 30.6 Å². The molecule has 0 fully saturated rings. The van der Waals surface area contributed by atoms with Crippen molar-refractivity contribution in [2.75, 3.05) is 30.9 Å². The second-order valence-electron chi connectivity index (χ2n) is 5.15. The van der Waals surface area contributed by atoms with Crippen molar-refractivity contribution in [1.82, 2.24) is 9.97 Å². The highest BCUT2D eigenvalue weighted by Crippen LogP contribution is 2.33. The number of methoxy groups -OCH3 is 1. The summed E-state index contributed by atoms with van der Waals surface area (Å²) in [5.74, 6) is -0.116. The Bertz CT molecular complexity index is 753. The van der Waals surface area contributed by atoms with Crippen LogP contribution in [0.1, 0.15) is 12.0 Å². The molecule has 140 valence electrons. The van der Waals surface area contributed by atoms with Crippen LogP contribution in [0.4, 0.5) is 36.2 Å². The zero-order chi connectivity index (χ0) is 19.2. The number of alkyl halides is 3. The van der Waals surface area contributed by atoms with Gasteiger partial charge in [0.05, 0.1) is 10.5 Å². The lowest BCUT2D eigenvalue weighted by Crippen LogP contribution is -2.10. The molecule has 11 heteroatoms. The van der Waals surface area contributed by atoms with Crippen LogP contribution in [0.3, 0.4) is 0 Å². The van der Waals surface area contributed by atoms with Gasteiger partial charge in [0.25, 0.3) is 0 Å². The van der Waals surface area contributed by atoms with Crippen molar-refractivity contribution in [3.63, 3.8) is 0 Å². The van der Waals surface area contributed by atoms with Gasteiger partial charge < -0.3 is 15.4 Å². The first-order valence-corrected chi connectivity index (χ1v) is 7.49. The van der Waals surface area contributed by atoms with E-state index >= 15 is 0 Å². The van der Waals surface area contributed by atoms with E-state index in [9.17, 15) is 23.3 Å². The van der Waals surface area contributed by atoms with Crippen LogP contribution < -0.4 is 10.6 Å². The first kappa shape index (κ1) is 19.4. The highest BCUT2D eigenvalue weighted by atomic mass is 19.4. The molecule has 2 N–H and O–H groups in total. The van der Waals surface area contributed by atoms with Gasteiger partial charge in [-0.05, 0) is 30.7 Å². The number of nitrogens with zero attached hydrogens (tertiary/aromatic N) is 3. The van der Waals surface area contributed by atoms with Crippen molar-refractivity contribution >= 4 is 23.0 Å². The average Bonchev–Trinajstić information content (AvgIpc) is 2.58. The molecule has 0 aliphatic heterocycles. The highest BCUT2D eigenvalue weighted by molar-refractivity contribution is 5.73. The summed E-state index contributed by atoms with van der Waals surface area (Å²) in [5.41, 5.74) is -0.990. The number of benzene rings is 1. The number of anilines is 3. The molecule has 2 aromatic rings. The van der Waals surface area contributed by atoms with Crippen molar-refractivity contribution in [3.05, 3.63) is 46.3 Å². The number of rotatable bonds is 8. The van der Waals surface area contributed by atoms with E-state index in [4.69, 9.17) is 4.74 Å². The summed E-state index contributed by atoms with van der Waals surface area (Å²) in [6.45, 7) is 0.869. The lowest BCUT2D eigenvalue weighted by atomic mass is 10.2. The summed E-state index contributed by atoms with van der Waals surface area (Å²) in [6.07, 6.45) is -2.73. The third-order valence-corrected chi connectivity index (χ3v) is 3.30. The summed E-state index contributed by atoms with van der Waals surface area (Å²) in [6, 6.07) is 4.08. The van der Waals surface area contributed by atoms with E-state index in [1.165, 1.54) is 12.1 Å². The van der Waals surface area contributed by atoms with Gasteiger partial charge in [0.2, 0.25) is 11.6 Å². The molecule has 2 rings (SSSR count). The first-order valence-electron chi connectivity index (χ1n) is 7.49. The van der Waals surface area contributed by atoms with Crippen molar-refractivity contribution in [2.45, 2.75) is 12.6 Å². The predicted molar refractivity (Wildman–Crippen MR) is 88.4 cm³/mol. The fourth-order valence-corrected chi connectivity index (χ4v) is 2.08. The minimum absolute atomic E-state index is 0.00974. The molecule has 0 atom stereocenters. The first-order chi connectivity index (χ1) is 12.3. The molecular formula is C15H16F3N5O3. The van der Waals surface area contributed by atoms with Crippen LogP contribution >= 0.6 is 0 Å². The van der Waals surface area contributed by atoms with Crippen LogP contribution in [0.5, 0.6) is 0 Å².